The molecule has 4 nitrogen and oxygen atoms in total. The summed E-state index contributed by atoms with van der Waals surface area (Å²) in [5.41, 5.74) is 0. The quantitative estimate of drug-likeness (QED) is 0.341. The van der Waals surface area contributed by atoms with Gasteiger partial charge in [-0.2, -0.15) is 0 Å². The van der Waals surface area contributed by atoms with Crippen LogP contribution in [-0.4, -0.2) is 19.0 Å². The van der Waals surface area contributed by atoms with Gasteiger partial charge in [-0.1, -0.05) is 25.7 Å². The Morgan fingerprint density at radius 1 is 1.00 bits per heavy atom. The van der Waals surface area contributed by atoms with Gasteiger partial charge in [0.15, 0.2) is 0 Å². The van der Waals surface area contributed by atoms with Gasteiger partial charge < -0.3 is 9.47 Å². The van der Waals surface area contributed by atoms with Crippen LogP contribution < -0.4 is 0 Å². The zero-order valence-corrected chi connectivity index (χ0v) is 11.4. The minimum absolute atomic E-state index is 0.120. The lowest BCUT2D eigenvalue weighted by Crippen LogP contribution is -1.99. The maximum absolute atomic E-state index is 10.8. The smallest absolute Gasteiger partial charge is 0.307 e. The Hall–Kier alpha value is -1.32. The highest BCUT2D eigenvalue weighted by atomic mass is 16.5. The van der Waals surface area contributed by atoms with Crippen LogP contribution in [0.5, 0.6) is 0 Å². The number of carbonyl (C=O) groups excluding carboxylic acids is 2. The second kappa shape index (κ2) is 12.1. The van der Waals surface area contributed by atoms with E-state index in [1.165, 1.54) is 33.1 Å². The van der Waals surface area contributed by atoms with Gasteiger partial charge >= 0.3 is 11.9 Å². The van der Waals surface area contributed by atoms with E-state index in [1.807, 2.05) is 6.08 Å². The molecular weight excluding hydrogens is 232 g/mol. The molecule has 0 amide bonds. The third-order valence-electron chi connectivity index (χ3n) is 2.56. The summed E-state index contributed by atoms with van der Waals surface area (Å²) in [5.74, 6) is -0.400. The molecule has 0 radical (unpaired) electrons. The maximum atomic E-state index is 10.8. The number of methoxy groups -OCH3 is 1. The molecule has 0 heterocycles. The number of allylic oxidation sites excluding steroid dienone is 1. The molecule has 0 saturated carbocycles. The fourth-order valence-electron chi connectivity index (χ4n) is 1.55. The zero-order chi connectivity index (χ0) is 13.6. The molecule has 4 heteroatoms. The summed E-state index contributed by atoms with van der Waals surface area (Å²) in [5, 5.41) is 0. The molecule has 0 fully saturated rings. The summed E-state index contributed by atoms with van der Waals surface area (Å²) in [6, 6.07) is 0. The van der Waals surface area contributed by atoms with Gasteiger partial charge in [0.25, 0.3) is 0 Å². The summed E-state index contributed by atoms with van der Waals surface area (Å²) in [6.45, 7) is 1.39. The molecule has 0 aliphatic rings. The molecule has 18 heavy (non-hydrogen) atoms. The molecular formula is C14H24O4. The normalized spacial score (nSPS) is 10.6. The van der Waals surface area contributed by atoms with Gasteiger partial charge in [0.2, 0.25) is 0 Å². The summed E-state index contributed by atoms with van der Waals surface area (Å²) >= 11 is 0. The van der Waals surface area contributed by atoms with Crippen molar-refractivity contribution in [2.24, 2.45) is 0 Å². The van der Waals surface area contributed by atoms with Crippen molar-refractivity contribution >= 4 is 11.9 Å². The van der Waals surface area contributed by atoms with Gasteiger partial charge in [-0.05, 0) is 25.3 Å². The van der Waals surface area contributed by atoms with Crippen molar-refractivity contribution in [3.63, 3.8) is 0 Å². The van der Waals surface area contributed by atoms with Crippen LogP contribution in [0.25, 0.3) is 0 Å². The predicted molar refractivity (Wildman–Crippen MR) is 69.9 cm³/mol. The van der Waals surface area contributed by atoms with E-state index in [0.717, 1.165) is 32.1 Å². The van der Waals surface area contributed by atoms with Crippen molar-refractivity contribution in [2.45, 2.75) is 58.3 Å². The Bertz CT molecular complexity index is 259. The van der Waals surface area contributed by atoms with E-state index < -0.39 is 0 Å². The molecule has 0 aliphatic carbocycles. The van der Waals surface area contributed by atoms with Crippen LogP contribution >= 0.6 is 0 Å². The standard InChI is InChI=1S/C14H24O4/c1-13(15)18-12-10-8-6-4-3-5-7-9-11-14(16)17-2/h10,12H,3-9,11H2,1-2H3/b12-10+. The fourth-order valence-corrected chi connectivity index (χ4v) is 1.55. The minimum atomic E-state index is -0.281. The van der Waals surface area contributed by atoms with E-state index in [0.29, 0.717) is 6.42 Å². The van der Waals surface area contributed by atoms with Crippen molar-refractivity contribution in [3.05, 3.63) is 12.3 Å². The number of rotatable bonds is 10. The maximum Gasteiger partial charge on any atom is 0.307 e. The Morgan fingerprint density at radius 3 is 2.22 bits per heavy atom. The third kappa shape index (κ3) is 12.7. The van der Waals surface area contributed by atoms with E-state index in [2.05, 4.69) is 9.47 Å². The number of esters is 2. The fraction of sp³-hybridized carbons (Fsp3) is 0.714. The predicted octanol–water partition coefficient (Wildman–Crippen LogP) is 3.36. The average molecular weight is 256 g/mol. The first-order chi connectivity index (χ1) is 8.66. The van der Waals surface area contributed by atoms with Gasteiger partial charge in [-0.15, -0.1) is 0 Å². The molecule has 0 N–H and O–H groups in total. The third-order valence-corrected chi connectivity index (χ3v) is 2.56. The van der Waals surface area contributed by atoms with Crippen LogP contribution in [0.15, 0.2) is 12.3 Å². The highest BCUT2D eigenvalue weighted by Crippen LogP contribution is 2.09. The summed E-state index contributed by atoms with van der Waals surface area (Å²) in [6.07, 6.45) is 11.4. The van der Waals surface area contributed by atoms with Crippen LogP contribution in [0.3, 0.4) is 0 Å². The first-order valence-electron chi connectivity index (χ1n) is 6.56. The monoisotopic (exact) mass is 256 g/mol. The van der Waals surface area contributed by atoms with E-state index in [4.69, 9.17) is 0 Å². The van der Waals surface area contributed by atoms with Crippen molar-refractivity contribution in [1.82, 2.24) is 0 Å². The Kier molecular flexibility index (Phi) is 11.3. The van der Waals surface area contributed by atoms with Crippen molar-refractivity contribution in [2.75, 3.05) is 7.11 Å². The topological polar surface area (TPSA) is 52.6 Å². The first-order valence-corrected chi connectivity index (χ1v) is 6.56. The molecule has 0 aromatic heterocycles. The Balaban J connectivity index is 3.14. The van der Waals surface area contributed by atoms with Crippen LogP contribution in [0.1, 0.15) is 58.3 Å². The summed E-state index contributed by atoms with van der Waals surface area (Å²) < 4.78 is 9.24. The SMILES string of the molecule is COC(=O)CCCCCCCC/C=C/OC(C)=O. The summed E-state index contributed by atoms with van der Waals surface area (Å²) in [7, 11) is 1.42. The molecule has 0 aromatic carbocycles. The Labute approximate surface area is 109 Å². The van der Waals surface area contributed by atoms with Crippen LogP contribution in [-0.2, 0) is 19.1 Å². The van der Waals surface area contributed by atoms with E-state index in [9.17, 15) is 9.59 Å². The molecule has 0 spiro atoms. The number of carbonyl (C=O) groups is 2. The second-order valence-corrected chi connectivity index (χ2v) is 4.22. The highest BCUT2D eigenvalue weighted by Gasteiger charge is 1.98. The van der Waals surface area contributed by atoms with E-state index in [1.54, 1.807) is 0 Å². The molecule has 0 rings (SSSR count). The van der Waals surface area contributed by atoms with Gasteiger partial charge in [0.05, 0.1) is 13.4 Å². The zero-order valence-electron chi connectivity index (χ0n) is 11.4. The second-order valence-electron chi connectivity index (χ2n) is 4.22. The van der Waals surface area contributed by atoms with Gasteiger partial charge in [-0.25, -0.2) is 0 Å². The van der Waals surface area contributed by atoms with Gasteiger partial charge in [-0.3, -0.25) is 9.59 Å². The Morgan fingerprint density at radius 2 is 1.61 bits per heavy atom. The highest BCUT2D eigenvalue weighted by molar-refractivity contribution is 5.68. The van der Waals surface area contributed by atoms with Crippen LogP contribution in [0.4, 0.5) is 0 Å². The van der Waals surface area contributed by atoms with Crippen LogP contribution in [0, 0.1) is 0 Å². The van der Waals surface area contributed by atoms with E-state index in [-0.39, 0.29) is 11.9 Å². The largest absolute Gasteiger partial charge is 0.469 e. The van der Waals surface area contributed by atoms with Crippen LogP contribution in [0.2, 0.25) is 0 Å². The molecule has 0 saturated heterocycles. The molecule has 104 valence electrons. The molecule has 0 aliphatic heterocycles. The lowest BCUT2D eigenvalue weighted by molar-refractivity contribution is -0.140. The van der Waals surface area contributed by atoms with E-state index >= 15 is 0 Å². The van der Waals surface area contributed by atoms with Gasteiger partial charge in [0, 0.05) is 13.3 Å². The lowest BCUT2D eigenvalue weighted by atomic mass is 10.1. The van der Waals surface area contributed by atoms with Crippen molar-refractivity contribution in [3.8, 4) is 0 Å². The lowest BCUT2D eigenvalue weighted by Gasteiger charge is -2.00. The van der Waals surface area contributed by atoms with Gasteiger partial charge in [0.1, 0.15) is 0 Å². The summed E-state index contributed by atoms with van der Waals surface area (Å²) in [4.78, 5) is 21.3. The van der Waals surface area contributed by atoms with Crippen molar-refractivity contribution < 1.29 is 19.1 Å². The number of hydrogen-bond donors (Lipinski definition) is 0. The number of hydrogen-bond acceptors (Lipinski definition) is 4. The average Bonchev–Trinajstić information content (AvgIpc) is 2.35. The first kappa shape index (κ1) is 16.7. The number of unbranched alkanes of at least 4 members (excludes halogenated alkanes) is 6. The molecule has 0 atom stereocenters. The molecule has 0 unspecified atom stereocenters. The molecule has 0 bridgehead atoms. The van der Waals surface area contributed by atoms with Crippen molar-refractivity contribution in [1.29, 1.82) is 0 Å². The number of ether oxygens (including phenoxy) is 2. The minimum Gasteiger partial charge on any atom is -0.469 e. The molecule has 0 aromatic rings.